The molecular formula is C22H14Cl2N2O3. The highest BCUT2D eigenvalue weighted by Gasteiger charge is 2.13. The summed E-state index contributed by atoms with van der Waals surface area (Å²) in [4.78, 5) is 12.4. The normalized spacial score (nSPS) is 11.2. The van der Waals surface area contributed by atoms with Crippen molar-refractivity contribution in [3.63, 3.8) is 0 Å². The lowest BCUT2D eigenvalue weighted by molar-refractivity contribution is 0.0952. The number of phenols is 1. The first kappa shape index (κ1) is 19.1. The Hall–Kier alpha value is -3.28. The lowest BCUT2D eigenvalue weighted by atomic mass is 10.1. The summed E-state index contributed by atoms with van der Waals surface area (Å²) in [6.45, 7) is 0. The van der Waals surface area contributed by atoms with Crippen LogP contribution in [0, 0.1) is 0 Å². The van der Waals surface area contributed by atoms with Crippen LogP contribution in [0.5, 0.6) is 5.75 Å². The molecular weight excluding hydrogens is 411 g/mol. The maximum Gasteiger partial charge on any atom is 0.275 e. The van der Waals surface area contributed by atoms with Crippen LogP contribution in [0.4, 0.5) is 0 Å². The molecule has 0 spiro atoms. The van der Waals surface area contributed by atoms with Crippen LogP contribution in [0.15, 0.2) is 76.2 Å². The van der Waals surface area contributed by atoms with Gasteiger partial charge in [-0.05, 0) is 47.2 Å². The van der Waals surface area contributed by atoms with Gasteiger partial charge in [0, 0.05) is 5.56 Å². The summed E-state index contributed by atoms with van der Waals surface area (Å²) < 4.78 is 5.68. The van der Waals surface area contributed by atoms with E-state index in [4.69, 9.17) is 27.6 Å². The van der Waals surface area contributed by atoms with E-state index in [0.717, 1.165) is 10.8 Å². The average Bonchev–Trinajstić information content (AvgIpc) is 3.18. The van der Waals surface area contributed by atoms with Gasteiger partial charge in [-0.25, -0.2) is 5.43 Å². The second-order valence-corrected chi connectivity index (χ2v) is 7.00. The topological polar surface area (TPSA) is 74.8 Å². The summed E-state index contributed by atoms with van der Waals surface area (Å²) >= 11 is 12.2. The van der Waals surface area contributed by atoms with Crippen molar-refractivity contribution in [1.29, 1.82) is 0 Å². The van der Waals surface area contributed by atoms with Gasteiger partial charge in [0.15, 0.2) is 0 Å². The number of aromatic hydroxyl groups is 1. The first-order chi connectivity index (χ1) is 14.0. The Balaban J connectivity index is 1.50. The van der Waals surface area contributed by atoms with Gasteiger partial charge in [-0.15, -0.1) is 0 Å². The Bertz CT molecular complexity index is 1250. The van der Waals surface area contributed by atoms with Crippen molar-refractivity contribution in [1.82, 2.24) is 5.43 Å². The van der Waals surface area contributed by atoms with E-state index < -0.39 is 5.91 Å². The summed E-state index contributed by atoms with van der Waals surface area (Å²) in [6.07, 6.45) is 1.36. The number of rotatable bonds is 4. The molecule has 5 nitrogen and oxygen atoms in total. The van der Waals surface area contributed by atoms with Crippen LogP contribution in [-0.2, 0) is 0 Å². The van der Waals surface area contributed by atoms with E-state index in [-0.39, 0.29) is 11.3 Å². The molecule has 0 saturated heterocycles. The molecule has 0 radical (unpaired) electrons. The minimum atomic E-state index is -0.533. The predicted octanol–water partition coefficient (Wildman–Crippen LogP) is 5.88. The second kappa shape index (κ2) is 7.99. The van der Waals surface area contributed by atoms with Crippen molar-refractivity contribution in [3.8, 4) is 17.1 Å². The van der Waals surface area contributed by atoms with Crippen LogP contribution in [0.25, 0.3) is 22.1 Å². The minimum Gasteiger partial charge on any atom is -0.507 e. The van der Waals surface area contributed by atoms with Gasteiger partial charge in [0.05, 0.1) is 21.8 Å². The minimum absolute atomic E-state index is 0.118. The summed E-state index contributed by atoms with van der Waals surface area (Å²) in [7, 11) is 0. The highest BCUT2D eigenvalue weighted by molar-refractivity contribution is 6.43. The Kier molecular flexibility index (Phi) is 5.25. The molecule has 4 rings (SSSR count). The predicted molar refractivity (Wildman–Crippen MR) is 115 cm³/mol. The smallest absolute Gasteiger partial charge is 0.275 e. The molecule has 0 aliphatic rings. The van der Waals surface area contributed by atoms with Crippen molar-refractivity contribution in [2.24, 2.45) is 5.10 Å². The van der Waals surface area contributed by atoms with Gasteiger partial charge >= 0.3 is 0 Å². The standard InChI is InChI=1S/C22H14Cl2N2O3/c23-18-7-3-6-16(21(18)24)20-9-8-15(29-20)12-25-26-22(28)17-10-13-4-1-2-5-14(13)11-19(17)27/h1-12,27H,(H,26,28). The molecule has 0 bridgehead atoms. The van der Waals surface area contributed by atoms with Crippen molar-refractivity contribution < 1.29 is 14.3 Å². The van der Waals surface area contributed by atoms with E-state index in [9.17, 15) is 9.90 Å². The highest BCUT2D eigenvalue weighted by atomic mass is 35.5. The fourth-order valence-electron chi connectivity index (χ4n) is 2.89. The van der Waals surface area contributed by atoms with Crippen LogP contribution < -0.4 is 5.43 Å². The molecule has 0 atom stereocenters. The maximum absolute atomic E-state index is 12.4. The number of nitrogens with zero attached hydrogens (tertiary/aromatic N) is 1. The Morgan fingerprint density at radius 3 is 2.55 bits per heavy atom. The van der Waals surface area contributed by atoms with Gasteiger partial charge in [-0.3, -0.25) is 4.79 Å². The van der Waals surface area contributed by atoms with Crippen molar-refractivity contribution in [3.05, 3.63) is 88.1 Å². The number of amides is 1. The van der Waals surface area contributed by atoms with Gasteiger partial charge in [-0.1, -0.05) is 53.5 Å². The van der Waals surface area contributed by atoms with E-state index in [2.05, 4.69) is 10.5 Å². The van der Waals surface area contributed by atoms with Crippen LogP contribution in [-0.4, -0.2) is 17.2 Å². The third-order valence-corrected chi connectivity index (χ3v) is 5.13. The van der Waals surface area contributed by atoms with Gasteiger partial charge in [-0.2, -0.15) is 5.10 Å². The van der Waals surface area contributed by atoms with Crippen LogP contribution in [0.1, 0.15) is 16.1 Å². The van der Waals surface area contributed by atoms with E-state index in [1.807, 2.05) is 24.3 Å². The summed E-state index contributed by atoms with van der Waals surface area (Å²) in [5, 5.41) is 16.5. The fraction of sp³-hybridized carbons (Fsp3) is 0. The van der Waals surface area contributed by atoms with Crippen LogP contribution in [0.2, 0.25) is 10.0 Å². The van der Waals surface area contributed by atoms with Gasteiger partial charge in [0.1, 0.15) is 17.3 Å². The molecule has 1 heterocycles. The van der Waals surface area contributed by atoms with Gasteiger partial charge < -0.3 is 9.52 Å². The average molecular weight is 425 g/mol. The molecule has 0 fully saturated rings. The van der Waals surface area contributed by atoms with Crippen molar-refractivity contribution >= 4 is 46.1 Å². The molecule has 7 heteroatoms. The molecule has 3 aromatic carbocycles. The molecule has 1 amide bonds. The molecule has 2 N–H and O–H groups in total. The first-order valence-corrected chi connectivity index (χ1v) is 9.38. The molecule has 0 saturated carbocycles. The number of hydrogen-bond acceptors (Lipinski definition) is 4. The summed E-state index contributed by atoms with van der Waals surface area (Å²) in [5.41, 5.74) is 3.17. The lowest BCUT2D eigenvalue weighted by Crippen LogP contribution is -2.17. The number of carbonyl (C=O) groups excluding carboxylic acids is 1. The Morgan fingerprint density at radius 1 is 1.00 bits per heavy atom. The van der Waals surface area contributed by atoms with E-state index >= 15 is 0 Å². The number of phenolic OH excluding ortho intramolecular Hbond substituents is 1. The number of carbonyl (C=O) groups is 1. The Morgan fingerprint density at radius 2 is 1.76 bits per heavy atom. The number of nitrogens with one attached hydrogen (secondary N) is 1. The van der Waals surface area contributed by atoms with Crippen molar-refractivity contribution in [2.75, 3.05) is 0 Å². The molecule has 144 valence electrons. The van der Waals surface area contributed by atoms with E-state index in [0.29, 0.717) is 27.1 Å². The largest absolute Gasteiger partial charge is 0.507 e. The second-order valence-electron chi connectivity index (χ2n) is 6.22. The van der Waals surface area contributed by atoms with E-state index in [1.54, 1.807) is 42.5 Å². The number of fused-ring (bicyclic) bond motifs is 1. The van der Waals surface area contributed by atoms with Gasteiger partial charge in [0.25, 0.3) is 5.91 Å². The molecule has 29 heavy (non-hydrogen) atoms. The quantitative estimate of drug-likeness (QED) is 0.317. The molecule has 0 aliphatic heterocycles. The van der Waals surface area contributed by atoms with Crippen LogP contribution >= 0.6 is 23.2 Å². The molecule has 1 aromatic heterocycles. The molecule has 0 unspecified atom stereocenters. The fourth-order valence-corrected chi connectivity index (χ4v) is 3.28. The number of furan rings is 1. The molecule has 0 aliphatic carbocycles. The molecule has 4 aromatic rings. The maximum atomic E-state index is 12.4. The van der Waals surface area contributed by atoms with Crippen LogP contribution in [0.3, 0.4) is 0 Å². The summed E-state index contributed by atoms with van der Waals surface area (Å²) in [6, 6.07) is 19.3. The number of halogens is 2. The zero-order valence-corrected chi connectivity index (χ0v) is 16.4. The number of benzene rings is 3. The number of hydrogen-bond donors (Lipinski definition) is 2. The lowest BCUT2D eigenvalue weighted by Gasteiger charge is -2.05. The SMILES string of the molecule is O=C(NN=Cc1ccc(-c2cccc(Cl)c2Cl)o1)c1cc2ccccc2cc1O. The monoisotopic (exact) mass is 424 g/mol. The third-order valence-electron chi connectivity index (χ3n) is 4.31. The van der Waals surface area contributed by atoms with Gasteiger partial charge in [0.2, 0.25) is 0 Å². The highest BCUT2D eigenvalue weighted by Crippen LogP contribution is 2.34. The first-order valence-electron chi connectivity index (χ1n) is 8.62. The summed E-state index contributed by atoms with van der Waals surface area (Å²) in [5.74, 6) is 0.290. The zero-order chi connectivity index (χ0) is 20.4. The Labute approximate surface area is 176 Å². The zero-order valence-electron chi connectivity index (χ0n) is 14.9. The third kappa shape index (κ3) is 3.97. The van der Waals surface area contributed by atoms with E-state index in [1.165, 1.54) is 6.21 Å². The van der Waals surface area contributed by atoms with Crippen molar-refractivity contribution in [2.45, 2.75) is 0 Å². The number of hydrazone groups is 1.